The summed E-state index contributed by atoms with van der Waals surface area (Å²) < 4.78 is 5.20. The highest BCUT2D eigenvalue weighted by molar-refractivity contribution is 5.16. The third-order valence-corrected chi connectivity index (χ3v) is 3.08. The van der Waals surface area contributed by atoms with Crippen LogP contribution in [0.3, 0.4) is 0 Å². The molecule has 17 heavy (non-hydrogen) atoms. The minimum atomic E-state index is 0.629. The van der Waals surface area contributed by atoms with Crippen LogP contribution in [-0.4, -0.2) is 48.7 Å². The van der Waals surface area contributed by atoms with E-state index in [1.54, 1.807) is 19.5 Å². The molecular formula is C12H20N4O. The molecule has 1 aliphatic heterocycles. The molecule has 1 atom stereocenters. The molecule has 0 saturated carbocycles. The Labute approximate surface area is 102 Å². The highest BCUT2D eigenvalue weighted by Crippen LogP contribution is 2.15. The van der Waals surface area contributed by atoms with Gasteiger partial charge in [-0.05, 0) is 32.5 Å². The maximum atomic E-state index is 5.20. The van der Waals surface area contributed by atoms with Gasteiger partial charge >= 0.3 is 0 Å². The smallest absolute Gasteiger partial charge is 0.236 e. The van der Waals surface area contributed by atoms with Crippen LogP contribution in [0.15, 0.2) is 12.4 Å². The molecule has 0 aliphatic carbocycles. The van der Waals surface area contributed by atoms with Crippen molar-refractivity contribution in [2.45, 2.75) is 13.0 Å². The van der Waals surface area contributed by atoms with Gasteiger partial charge in [-0.2, -0.15) is 0 Å². The van der Waals surface area contributed by atoms with Gasteiger partial charge in [0.15, 0.2) is 0 Å². The Morgan fingerprint density at radius 1 is 1.47 bits per heavy atom. The van der Waals surface area contributed by atoms with Crippen molar-refractivity contribution in [1.82, 2.24) is 20.2 Å². The molecule has 1 aliphatic rings. The molecule has 0 aromatic carbocycles. The van der Waals surface area contributed by atoms with E-state index in [1.165, 1.54) is 6.42 Å². The van der Waals surface area contributed by atoms with Crippen LogP contribution in [0, 0.1) is 5.92 Å². The quantitative estimate of drug-likeness (QED) is 0.808. The monoisotopic (exact) mass is 236 g/mol. The Morgan fingerprint density at radius 2 is 2.29 bits per heavy atom. The number of methoxy groups -OCH3 is 1. The van der Waals surface area contributed by atoms with Crippen molar-refractivity contribution in [1.29, 1.82) is 0 Å². The lowest BCUT2D eigenvalue weighted by Crippen LogP contribution is -2.27. The second kappa shape index (κ2) is 5.93. The molecule has 1 N–H and O–H groups in total. The first-order valence-corrected chi connectivity index (χ1v) is 6.02. The number of ether oxygens (including phenoxy) is 1. The Bertz CT molecular complexity index is 352. The minimum absolute atomic E-state index is 0.629. The average Bonchev–Trinajstić information content (AvgIpc) is 2.82. The normalized spacial score (nSPS) is 19.8. The van der Waals surface area contributed by atoms with Crippen LogP contribution in [0.5, 0.6) is 5.88 Å². The molecule has 1 aromatic rings. The summed E-state index contributed by atoms with van der Waals surface area (Å²) in [5, 5.41) is 3.38. The first-order chi connectivity index (χ1) is 8.29. The molecule has 2 heterocycles. The maximum Gasteiger partial charge on any atom is 0.236 e. The van der Waals surface area contributed by atoms with E-state index >= 15 is 0 Å². The Kier molecular flexibility index (Phi) is 4.28. The van der Waals surface area contributed by atoms with Crippen LogP contribution in [0.4, 0.5) is 0 Å². The predicted octanol–water partition coefficient (Wildman–Crippen LogP) is 0.527. The Morgan fingerprint density at radius 3 is 3.00 bits per heavy atom. The van der Waals surface area contributed by atoms with Crippen LogP contribution in [0.1, 0.15) is 12.1 Å². The fourth-order valence-corrected chi connectivity index (χ4v) is 2.26. The van der Waals surface area contributed by atoms with Gasteiger partial charge < -0.3 is 15.0 Å². The van der Waals surface area contributed by atoms with Gasteiger partial charge in [0.25, 0.3) is 0 Å². The maximum absolute atomic E-state index is 5.20. The summed E-state index contributed by atoms with van der Waals surface area (Å²) >= 11 is 0. The SMILES string of the molecule is COc1nccnc1CN(C)C[C@H]1CCNC1. The van der Waals surface area contributed by atoms with Gasteiger partial charge in [-0.15, -0.1) is 0 Å². The summed E-state index contributed by atoms with van der Waals surface area (Å²) in [7, 11) is 3.75. The van der Waals surface area contributed by atoms with Gasteiger partial charge in [0.1, 0.15) is 5.69 Å². The molecule has 5 heteroatoms. The van der Waals surface area contributed by atoms with E-state index in [2.05, 4.69) is 27.2 Å². The van der Waals surface area contributed by atoms with Crippen LogP contribution < -0.4 is 10.1 Å². The molecule has 0 amide bonds. The number of nitrogens with one attached hydrogen (secondary N) is 1. The highest BCUT2D eigenvalue weighted by Gasteiger charge is 2.17. The number of rotatable bonds is 5. The van der Waals surface area contributed by atoms with Crippen molar-refractivity contribution in [2.24, 2.45) is 5.92 Å². The molecule has 0 spiro atoms. The van der Waals surface area contributed by atoms with Gasteiger partial charge in [0, 0.05) is 25.5 Å². The van der Waals surface area contributed by atoms with Crippen LogP contribution in [0.2, 0.25) is 0 Å². The Balaban J connectivity index is 1.90. The van der Waals surface area contributed by atoms with Crippen molar-refractivity contribution >= 4 is 0 Å². The first kappa shape index (κ1) is 12.3. The summed E-state index contributed by atoms with van der Waals surface area (Å²) in [6.45, 7) is 4.15. The van der Waals surface area contributed by atoms with Gasteiger partial charge in [-0.3, -0.25) is 4.98 Å². The van der Waals surface area contributed by atoms with E-state index in [0.29, 0.717) is 5.88 Å². The van der Waals surface area contributed by atoms with Gasteiger partial charge in [-0.1, -0.05) is 0 Å². The molecule has 0 unspecified atom stereocenters. The van der Waals surface area contributed by atoms with Crippen LogP contribution >= 0.6 is 0 Å². The largest absolute Gasteiger partial charge is 0.480 e. The second-order valence-electron chi connectivity index (χ2n) is 4.57. The third kappa shape index (κ3) is 3.38. The number of hydrogen-bond acceptors (Lipinski definition) is 5. The summed E-state index contributed by atoms with van der Waals surface area (Å²) in [5.41, 5.74) is 0.906. The zero-order chi connectivity index (χ0) is 12.1. The average molecular weight is 236 g/mol. The minimum Gasteiger partial charge on any atom is -0.480 e. The number of aromatic nitrogens is 2. The lowest BCUT2D eigenvalue weighted by atomic mass is 10.1. The van der Waals surface area contributed by atoms with Gasteiger partial charge in [0.05, 0.1) is 7.11 Å². The van der Waals surface area contributed by atoms with Gasteiger partial charge in [0.2, 0.25) is 5.88 Å². The summed E-state index contributed by atoms with van der Waals surface area (Å²) in [4.78, 5) is 10.8. The molecule has 1 saturated heterocycles. The number of nitrogens with zero attached hydrogens (tertiary/aromatic N) is 3. The lowest BCUT2D eigenvalue weighted by molar-refractivity contribution is 0.268. The Hall–Kier alpha value is -1.20. The molecule has 1 fully saturated rings. The van der Waals surface area contributed by atoms with E-state index in [4.69, 9.17) is 4.74 Å². The zero-order valence-electron chi connectivity index (χ0n) is 10.5. The fourth-order valence-electron chi connectivity index (χ4n) is 2.26. The first-order valence-electron chi connectivity index (χ1n) is 6.02. The van der Waals surface area contributed by atoms with E-state index in [9.17, 15) is 0 Å². The molecule has 2 rings (SSSR count). The molecule has 1 aromatic heterocycles. The number of hydrogen-bond donors (Lipinski definition) is 1. The molecule has 94 valence electrons. The molecule has 0 bridgehead atoms. The summed E-state index contributed by atoms with van der Waals surface area (Å²) in [6.07, 6.45) is 4.63. The van der Waals surface area contributed by atoms with Crippen molar-refractivity contribution in [2.75, 3.05) is 33.8 Å². The topological polar surface area (TPSA) is 50.3 Å². The standard InChI is InChI=1S/C12H20N4O/c1-16(8-10-3-4-13-7-10)9-11-12(17-2)15-6-5-14-11/h5-6,10,13H,3-4,7-9H2,1-2H3/t10-/m0/s1. The lowest BCUT2D eigenvalue weighted by Gasteiger charge is -2.20. The molecule has 5 nitrogen and oxygen atoms in total. The van der Waals surface area contributed by atoms with Crippen molar-refractivity contribution < 1.29 is 4.74 Å². The second-order valence-corrected chi connectivity index (χ2v) is 4.57. The third-order valence-electron chi connectivity index (χ3n) is 3.08. The van der Waals surface area contributed by atoms with E-state index in [-0.39, 0.29) is 0 Å². The predicted molar refractivity (Wildman–Crippen MR) is 65.9 cm³/mol. The fraction of sp³-hybridized carbons (Fsp3) is 0.667. The van der Waals surface area contributed by atoms with Gasteiger partial charge in [-0.25, -0.2) is 4.98 Å². The molecular weight excluding hydrogens is 216 g/mol. The van der Waals surface area contributed by atoms with E-state index in [0.717, 1.165) is 37.8 Å². The van der Waals surface area contributed by atoms with Crippen molar-refractivity contribution in [3.8, 4) is 5.88 Å². The van der Waals surface area contributed by atoms with E-state index < -0.39 is 0 Å². The van der Waals surface area contributed by atoms with Crippen LogP contribution in [-0.2, 0) is 6.54 Å². The summed E-state index contributed by atoms with van der Waals surface area (Å²) in [5.74, 6) is 1.38. The van der Waals surface area contributed by atoms with Crippen molar-refractivity contribution in [3.63, 3.8) is 0 Å². The van der Waals surface area contributed by atoms with E-state index in [1.807, 2.05) is 0 Å². The highest BCUT2D eigenvalue weighted by atomic mass is 16.5. The van der Waals surface area contributed by atoms with Crippen molar-refractivity contribution in [3.05, 3.63) is 18.1 Å². The summed E-state index contributed by atoms with van der Waals surface area (Å²) in [6, 6.07) is 0. The zero-order valence-corrected chi connectivity index (χ0v) is 10.5. The van der Waals surface area contributed by atoms with Crippen LogP contribution in [0.25, 0.3) is 0 Å². The molecule has 0 radical (unpaired) electrons.